The largest absolute Gasteiger partial charge is 0.497 e. The SMILES string of the molecule is C=CCN1C(=O)N[C@@H](c2ccc3cc(OC)ccc3c2)C(C(=O)OCC)=C1C. The number of benzene rings is 2. The van der Waals surface area contributed by atoms with E-state index in [9.17, 15) is 9.59 Å². The lowest BCUT2D eigenvalue weighted by Gasteiger charge is -2.35. The fraction of sp³-hybridized carbons (Fsp3) is 0.273. The zero-order valence-electron chi connectivity index (χ0n) is 16.3. The summed E-state index contributed by atoms with van der Waals surface area (Å²) in [4.78, 5) is 26.8. The van der Waals surface area contributed by atoms with Gasteiger partial charge in [0.2, 0.25) is 0 Å². The van der Waals surface area contributed by atoms with E-state index in [0.717, 1.165) is 22.1 Å². The molecule has 6 nitrogen and oxygen atoms in total. The van der Waals surface area contributed by atoms with E-state index in [1.165, 1.54) is 4.90 Å². The third-order valence-electron chi connectivity index (χ3n) is 4.81. The van der Waals surface area contributed by atoms with E-state index in [-0.39, 0.29) is 12.6 Å². The Bertz CT molecular complexity index is 964. The number of methoxy groups -OCH3 is 1. The van der Waals surface area contributed by atoms with Crippen molar-refractivity contribution in [1.29, 1.82) is 0 Å². The summed E-state index contributed by atoms with van der Waals surface area (Å²) in [6.45, 7) is 7.77. The molecule has 0 saturated carbocycles. The van der Waals surface area contributed by atoms with Gasteiger partial charge in [0.1, 0.15) is 5.75 Å². The second-order valence-corrected chi connectivity index (χ2v) is 6.47. The molecule has 1 N–H and O–H groups in total. The molecular formula is C22H24N2O4. The lowest BCUT2D eigenvalue weighted by Crippen LogP contribution is -2.48. The first-order valence-electron chi connectivity index (χ1n) is 9.14. The molecule has 0 aliphatic carbocycles. The smallest absolute Gasteiger partial charge is 0.338 e. The molecule has 0 fully saturated rings. The highest BCUT2D eigenvalue weighted by molar-refractivity contribution is 5.95. The molecule has 1 heterocycles. The molecule has 3 rings (SSSR count). The van der Waals surface area contributed by atoms with Crippen LogP contribution in [0.2, 0.25) is 0 Å². The van der Waals surface area contributed by atoms with E-state index in [4.69, 9.17) is 9.47 Å². The first-order valence-corrected chi connectivity index (χ1v) is 9.14. The number of nitrogens with one attached hydrogen (secondary N) is 1. The molecule has 0 saturated heterocycles. The minimum absolute atomic E-state index is 0.259. The van der Waals surface area contributed by atoms with Gasteiger partial charge in [-0.3, -0.25) is 4.90 Å². The number of esters is 1. The number of carbonyl (C=O) groups is 2. The van der Waals surface area contributed by atoms with E-state index in [1.54, 1.807) is 27.0 Å². The number of allylic oxidation sites excluding steroid dienone is 1. The molecule has 0 radical (unpaired) electrons. The summed E-state index contributed by atoms with van der Waals surface area (Å²) < 4.78 is 10.5. The van der Waals surface area contributed by atoms with Crippen molar-refractivity contribution in [2.75, 3.05) is 20.3 Å². The Morgan fingerprint density at radius 3 is 2.64 bits per heavy atom. The van der Waals surface area contributed by atoms with Gasteiger partial charge in [-0.15, -0.1) is 6.58 Å². The lowest BCUT2D eigenvalue weighted by molar-refractivity contribution is -0.139. The van der Waals surface area contributed by atoms with Gasteiger partial charge in [-0.05, 0) is 48.4 Å². The highest BCUT2D eigenvalue weighted by atomic mass is 16.5. The van der Waals surface area contributed by atoms with Gasteiger partial charge in [0.15, 0.2) is 0 Å². The van der Waals surface area contributed by atoms with Crippen LogP contribution < -0.4 is 10.1 Å². The number of ether oxygens (including phenoxy) is 2. The van der Waals surface area contributed by atoms with Crippen molar-refractivity contribution in [3.63, 3.8) is 0 Å². The van der Waals surface area contributed by atoms with Gasteiger partial charge in [-0.2, -0.15) is 0 Å². The topological polar surface area (TPSA) is 67.9 Å². The molecule has 1 aliphatic rings. The Morgan fingerprint density at radius 1 is 1.25 bits per heavy atom. The number of amides is 2. The zero-order valence-corrected chi connectivity index (χ0v) is 16.3. The number of hydrogen-bond acceptors (Lipinski definition) is 4. The first-order chi connectivity index (χ1) is 13.5. The maximum Gasteiger partial charge on any atom is 0.338 e. The molecule has 2 aromatic carbocycles. The van der Waals surface area contributed by atoms with Gasteiger partial charge in [0, 0.05) is 12.2 Å². The molecule has 0 spiro atoms. The van der Waals surface area contributed by atoms with Gasteiger partial charge >= 0.3 is 12.0 Å². The first kappa shape index (κ1) is 19.5. The Hall–Kier alpha value is -3.28. The van der Waals surface area contributed by atoms with E-state index in [2.05, 4.69) is 11.9 Å². The van der Waals surface area contributed by atoms with Crippen LogP contribution in [0.3, 0.4) is 0 Å². The minimum atomic E-state index is -0.584. The molecule has 28 heavy (non-hydrogen) atoms. The van der Waals surface area contributed by atoms with Crippen LogP contribution in [0.5, 0.6) is 5.75 Å². The quantitative estimate of drug-likeness (QED) is 0.609. The van der Waals surface area contributed by atoms with Gasteiger partial charge in [-0.1, -0.05) is 24.3 Å². The van der Waals surface area contributed by atoms with Crippen molar-refractivity contribution in [2.24, 2.45) is 0 Å². The molecule has 2 aromatic rings. The second kappa shape index (κ2) is 8.17. The van der Waals surface area contributed by atoms with Crippen LogP contribution in [-0.4, -0.2) is 37.2 Å². The summed E-state index contributed by atoms with van der Waals surface area (Å²) in [6, 6.07) is 10.7. The Labute approximate surface area is 164 Å². The summed E-state index contributed by atoms with van der Waals surface area (Å²) in [5.74, 6) is 0.336. The number of rotatable bonds is 6. The highest BCUT2D eigenvalue weighted by Gasteiger charge is 2.36. The summed E-state index contributed by atoms with van der Waals surface area (Å²) in [5.41, 5.74) is 1.81. The van der Waals surface area contributed by atoms with Crippen LogP contribution in [0.15, 0.2) is 60.3 Å². The van der Waals surface area contributed by atoms with E-state index >= 15 is 0 Å². The van der Waals surface area contributed by atoms with Crippen LogP contribution in [0.4, 0.5) is 4.79 Å². The molecule has 0 bridgehead atoms. The van der Waals surface area contributed by atoms with Crippen molar-refractivity contribution < 1.29 is 19.1 Å². The normalized spacial score (nSPS) is 16.8. The van der Waals surface area contributed by atoms with Crippen LogP contribution >= 0.6 is 0 Å². The number of fused-ring (bicyclic) bond motifs is 1. The van der Waals surface area contributed by atoms with Gasteiger partial charge < -0.3 is 14.8 Å². The molecule has 0 aromatic heterocycles. The molecule has 0 unspecified atom stereocenters. The van der Waals surface area contributed by atoms with Crippen LogP contribution in [0.1, 0.15) is 25.5 Å². The molecule has 146 valence electrons. The average molecular weight is 380 g/mol. The molecule has 1 atom stereocenters. The molecule has 2 amide bonds. The van der Waals surface area contributed by atoms with Crippen LogP contribution in [0, 0.1) is 0 Å². The van der Waals surface area contributed by atoms with Crippen LogP contribution in [-0.2, 0) is 9.53 Å². The number of urea groups is 1. The molecule has 1 aliphatic heterocycles. The average Bonchev–Trinajstić information content (AvgIpc) is 2.70. The Morgan fingerprint density at radius 2 is 1.96 bits per heavy atom. The van der Waals surface area contributed by atoms with Gasteiger partial charge in [-0.25, -0.2) is 9.59 Å². The van der Waals surface area contributed by atoms with E-state index < -0.39 is 12.0 Å². The Balaban J connectivity index is 2.09. The van der Waals surface area contributed by atoms with Crippen molar-refractivity contribution in [1.82, 2.24) is 10.2 Å². The summed E-state index contributed by atoms with van der Waals surface area (Å²) in [5, 5.41) is 4.93. The predicted octanol–water partition coefficient (Wildman–Crippen LogP) is 3.94. The standard InChI is InChI=1S/C22H24N2O4/c1-5-11-24-14(3)19(21(25)28-6-2)20(23-22(24)26)17-8-7-16-13-18(27-4)10-9-15(16)12-17/h5,7-10,12-13,20H,1,6,11H2,2-4H3,(H,23,26)/t20-/m0/s1. The maximum atomic E-state index is 12.7. The van der Waals surface area contributed by atoms with Crippen molar-refractivity contribution >= 4 is 22.8 Å². The van der Waals surface area contributed by atoms with Crippen molar-refractivity contribution in [3.8, 4) is 5.75 Å². The summed E-state index contributed by atoms with van der Waals surface area (Å²) in [7, 11) is 1.63. The monoisotopic (exact) mass is 380 g/mol. The second-order valence-electron chi connectivity index (χ2n) is 6.47. The predicted molar refractivity (Wildman–Crippen MR) is 108 cm³/mol. The van der Waals surface area contributed by atoms with Crippen molar-refractivity contribution in [2.45, 2.75) is 19.9 Å². The fourth-order valence-electron chi connectivity index (χ4n) is 3.40. The summed E-state index contributed by atoms with van der Waals surface area (Å²) in [6.07, 6.45) is 1.62. The summed E-state index contributed by atoms with van der Waals surface area (Å²) >= 11 is 0. The highest BCUT2D eigenvalue weighted by Crippen LogP contribution is 2.33. The van der Waals surface area contributed by atoms with Gasteiger partial charge in [0.25, 0.3) is 0 Å². The third-order valence-corrected chi connectivity index (χ3v) is 4.81. The molecule has 6 heteroatoms. The number of nitrogens with zero attached hydrogens (tertiary/aromatic N) is 1. The fourth-order valence-corrected chi connectivity index (χ4v) is 3.40. The van der Waals surface area contributed by atoms with E-state index in [1.807, 2.05) is 36.4 Å². The maximum absolute atomic E-state index is 12.7. The van der Waals surface area contributed by atoms with E-state index in [0.29, 0.717) is 17.8 Å². The molecular weight excluding hydrogens is 356 g/mol. The lowest BCUT2D eigenvalue weighted by atomic mass is 9.93. The zero-order chi connectivity index (χ0) is 20.3. The Kier molecular flexibility index (Phi) is 5.68. The van der Waals surface area contributed by atoms with Gasteiger partial charge in [0.05, 0.1) is 25.3 Å². The third kappa shape index (κ3) is 3.58. The van der Waals surface area contributed by atoms with Crippen molar-refractivity contribution in [3.05, 3.63) is 65.9 Å². The number of carbonyl (C=O) groups excluding carboxylic acids is 2. The van der Waals surface area contributed by atoms with Crippen LogP contribution in [0.25, 0.3) is 10.8 Å². The number of hydrogen-bond donors (Lipinski definition) is 1. The minimum Gasteiger partial charge on any atom is -0.497 e.